The van der Waals surface area contributed by atoms with Gasteiger partial charge >= 0.3 is 12.1 Å². The van der Waals surface area contributed by atoms with E-state index in [1.54, 1.807) is 0 Å². The maximum atomic E-state index is 10.4. The lowest BCUT2D eigenvalue weighted by molar-refractivity contribution is 0.181. The lowest BCUT2D eigenvalue weighted by atomic mass is 11.0. The van der Waals surface area contributed by atoms with E-state index in [9.17, 15) is 9.59 Å². The van der Waals surface area contributed by atoms with Gasteiger partial charge in [-0.3, -0.25) is 0 Å². The average molecular weight is 158 g/mol. The van der Waals surface area contributed by atoms with Crippen LogP contribution in [0.5, 0.6) is 0 Å². The molecule has 0 aliphatic carbocycles. The van der Waals surface area contributed by atoms with Crippen molar-refractivity contribution in [1.82, 2.24) is 0 Å². The molecular weight excluding hydrogens is 152 g/mol. The van der Waals surface area contributed by atoms with Gasteiger partial charge in [-0.05, 0) is 0 Å². The van der Waals surface area contributed by atoms with E-state index in [0.29, 0.717) is 0 Å². The van der Waals surface area contributed by atoms with Crippen molar-refractivity contribution in [2.45, 2.75) is 0 Å². The third kappa shape index (κ3) is 3.83. The molecule has 0 unspecified atom stereocenters. The lowest BCUT2D eigenvalue weighted by Crippen LogP contribution is -2.02. The van der Waals surface area contributed by atoms with Crippen molar-refractivity contribution < 1.29 is 19.1 Å². The second kappa shape index (κ2) is 5.13. The summed E-state index contributed by atoms with van der Waals surface area (Å²) in [6, 6.07) is -0.383. The minimum atomic E-state index is -0.888. The minimum Gasteiger partial charge on any atom is -0.466 e. The summed E-state index contributed by atoms with van der Waals surface area (Å²) in [5.41, 5.74) is 0. The first kappa shape index (κ1) is 9.32. The normalized spacial score (nSPS) is 9.82. The molecule has 6 heteroatoms. The van der Waals surface area contributed by atoms with Gasteiger partial charge in [-0.15, -0.1) is 9.98 Å². The zero-order valence-corrected chi connectivity index (χ0v) is 6.03. The molecular formula is C5H6N2O4. The molecule has 0 atom stereocenters. The fourth-order valence-electron chi connectivity index (χ4n) is 0.279. The number of aliphatic imine (C=N–C) groups is 2. The Labute approximate surface area is 62.5 Å². The number of amides is 1. The van der Waals surface area contributed by atoms with Gasteiger partial charge in [0.25, 0.3) is 0 Å². The predicted octanol–water partition coefficient (Wildman–Crippen LogP) is 0.0910. The minimum absolute atomic E-state index is 0.383. The first-order valence-corrected chi connectivity index (χ1v) is 2.53. The van der Waals surface area contributed by atoms with Gasteiger partial charge in [0, 0.05) is 0 Å². The van der Waals surface area contributed by atoms with Crippen molar-refractivity contribution in [2.24, 2.45) is 9.98 Å². The van der Waals surface area contributed by atoms with Crippen molar-refractivity contribution >= 4 is 18.2 Å². The van der Waals surface area contributed by atoms with E-state index in [2.05, 4.69) is 19.5 Å². The molecule has 1 amide bonds. The fourth-order valence-corrected chi connectivity index (χ4v) is 0.279. The van der Waals surface area contributed by atoms with Crippen LogP contribution in [0.25, 0.3) is 0 Å². The van der Waals surface area contributed by atoms with Crippen molar-refractivity contribution in [3.8, 4) is 0 Å². The number of hydrogen-bond donors (Lipinski definition) is 0. The largest absolute Gasteiger partial charge is 0.466 e. The third-order valence-corrected chi connectivity index (χ3v) is 0.685. The Bertz CT molecular complexity index is 217. The van der Waals surface area contributed by atoms with Gasteiger partial charge in [0.2, 0.25) is 6.08 Å². The highest BCUT2D eigenvalue weighted by Crippen LogP contribution is 1.85. The van der Waals surface area contributed by atoms with Gasteiger partial charge < -0.3 is 9.47 Å². The van der Waals surface area contributed by atoms with E-state index < -0.39 is 6.09 Å². The number of isocyanates is 1. The van der Waals surface area contributed by atoms with Crippen LogP contribution < -0.4 is 0 Å². The van der Waals surface area contributed by atoms with Crippen LogP contribution in [0, 0.1) is 0 Å². The fraction of sp³-hybridized carbons (Fsp3) is 0.400. The lowest BCUT2D eigenvalue weighted by Gasteiger charge is -1.93. The quantitative estimate of drug-likeness (QED) is 0.284. The van der Waals surface area contributed by atoms with Crippen LogP contribution in [0.2, 0.25) is 0 Å². The van der Waals surface area contributed by atoms with Crippen LogP contribution >= 0.6 is 0 Å². The first-order valence-electron chi connectivity index (χ1n) is 2.53. The van der Waals surface area contributed by atoms with Crippen LogP contribution in [0.4, 0.5) is 4.79 Å². The number of nitrogens with zero attached hydrogens (tertiary/aromatic N) is 2. The monoisotopic (exact) mass is 158 g/mol. The number of carbonyl (C=O) groups is 1. The van der Waals surface area contributed by atoms with Crippen LogP contribution in [0.15, 0.2) is 9.98 Å². The Kier molecular flexibility index (Phi) is 4.35. The van der Waals surface area contributed by atoms with Crippen molar-refractivity contribution in [1.29, 1.82) is 0 Å². The molecule has 0 aromatic heterocycles. The second-order valence-corrected chi connectivity index (χ2v) is 1.27. The van der Waals surface area contributed by atoms with Crippen LogP contribution in [-0.2, 0) is 14.3 Å². The number of carbonyl (C=O) groups excluding carboxylic acids is 2. The van der Waals surface area contributed by atoms with Crippen LogP contribution in [0.3, 0.4) is 0 Å². The molecule has 6 nitrogen and oxygen atoms in total. The summed E-state index contributed by atoms with van der Waals surface area (Å²) in [5.74, 6) is 0. The van der Waals surface area contributed by atoms with Gasteiger partial charge in [0.05, 0.1) is 14.2 Å². The van der Waals surface area contributed by atoms with E-state index in [0.717, 1.165) is 13.2 Å². The summed E-state index contributed by atoms with van der Waals surface area (Å²) < 4.78 is 8.52. The topological polar surface area (TPSA) is 77.3 Å². The molecule has 0 spiro atoms. The zero-order valence-electron chi connectivity index (χ0n) is 6.03. The van der Waals surface area contributed by atoms with Gasteiger partial charge in [-0.25, -0.2) is 9.59 Å². The maximum Gasteiger partial charge on any atom is 0.438 e. The predicted molar refractivity (Wildman–Crippen MR) is 35.0 cm³/mol. The summed E-state index contributed by atoms with van der Waals surface area (Å²) in [7, 11) is 2.35. The Morgan fingerprint density at radius 2 is 2.00 bits per heavy atom. The van der Waals surface area contributed by atoms with E-state index >= 15 is 0 Å². The average Bonchev–Trinajstić information content (AvgIpc) is 2.03. The highest BCUT2D eigenvalue weighted by atomic mass is 16.5. The van der Waals surface area contributed by atoms with Gasteiger partial charge in [-0.1, -0.05) is 0 Å². The summed E-state index contributed by atoms with van der Waals surface area (Å²) in [6.07, 6.45) is 0.272. The number of ether oxygens (including phenoxy) is 2. The molecule has 0 heterocycles. The molecule has 0 aliphatic heterocycles. The Balaban J connectivity index is 4.34. The molecule has 0 N–H and O–H groups in total. The Morgan fingerprint density at radius 1 is 1.36 bits per heavy atom. The Hall–Kier alpha value is -1.68. The van der Waals surface area contributed by atoms with Gasteiger partial charge in [0.15, 0.2) is 0 Å². The molecule has 11 heavy (non-hydrogen) atoms. The standard InChI is InChI=1S/C5H6N2O4/c1-10-4(6-3-8)7-5(9)11-2/h1-2H3. The summed E-state index contributed by atoms with van der Waals surface area (Å²) in [4.78, 5) is 26.1. The van der Waals surface area contributed by atoms with Gasteiger partial charge in [-0.2, -0.15) is 0 Å². The molecule has 0 saturated carbocycles. The van der Waals surface area contributed by atoms with E-state index in [1.807, 2.05) is 0 Å². The van der Waals surface area contributed by atoms with E-state index in [-0.39, 0.29) is 6.02 Å². The van der Waals surface area contributed by atoms with E-state index in [1.165, 1.54) is 7.11 Å². The number of amidine groups is 1. The highest BCUT2D eigenvalue weighted by Gasteiger charge is 2.00. The van der Waals surface area contributed by atoms with Crippen LogP contribution in [-0.4, -0.2) is 32.4 Å². The number of rotatable bonds is 0. The zero-order chi connectivity index (χ0) is 8.69. The molecule has 0 aromatic rings. The van der Waals surface area contributed by atoms with E-state index in [4.69, 9.17) is 0 Å². The van der Waals surface area contributed by atoms with Crippen molar-refractivity contribution in [2.75, 3.05) is 14.2 Å². The summed E-state index contributed by atoms with van der Waals surface area (Å²) in [6.45, 7) is 0. The van der Waals surface area contributed by atoms with Crippen LogP contribution in [0.1, 0.15) is 0 Å². The molecule has 0 aromatic carbocycles. The number of methoxy groups -OCH3 is 2. The molecule has 0 bridgehead atoms. The SMILES string of the molecule is COC(=O)N=C(N=C=O)OC. The smallest absolute Gasteiger partial charge is 0.438 e. The first-order chi connectivity index (χ1) is 5.24. The van der Waals surface area contributed by atoms with Crippen molar-refractivity contribution in [3.05, 3.63) is 0 Å². The third-order valence-electron chi connectivity index (χ3n) is 0.685. The highest BCUT2D eigenvalue weighted by molar-refractivity contribution is 5.89. The molecule has 0 fully saturated rings. The summed E-state index contributed by atoms with van der Waals surface area (Å²) >= 11 is 0. The molecule has 0 aliphatic rings. The number of hydrogen-bond acceptors (Lipinski definition) is 4. The Morgan fingerprint density at radius 3 is 2.36 bits per heavy atom. The molecule has 60 valence electrons. The second-order valence-electron chi connectivity index (χ2n) is 1.27. The molecule has 0 saturated heterocycles. The van der Waals surface area contributed by atoms with Crippen molar-refractivity contribution in [3.63, 3.8) is 0 Å². The molecule has 0 radical (unpaired) electrons. The molecule has 0 rings (SSSR count). The summed E-state index contributed by atoms with van der Waals surface area (Å²) in [5, 5.41) is 0. The maximum absolute atomic E-state index is 10.4. The van der Waals surface area contributed by atoms with Gasteiger partial charge in [0.1, 0.15) is 0 Å².